The van der Waals surface area contributed by atoms with E-state index in [0.717, 1.165) is 60.2 Å². The molecule has 1 aromatic heterocycles. The Morgan fingerprint density at radius 2 is 1.79 bits per heavy atom. The van der Waals surface area contributed by atoms with Gasteiger partial charge in [0.15, 0.2) is 0 Å². The maximum Gasteiger partial charge on any atom is 0.150 e. The van der Waals surface area contributed by atoms with E-state index < -0.39 is 0 Å². The zero-order valence-electron chi connectivity index (χ0n) is 22.9. The van der Waals surface area contributed by atoms with Gasteiger partial charge in [-0.25, -0.2) is 9.97 Å². The van der Waals surface area contributed by atoms with Gasteiger partial charge >= 0.3 is 0 Å². The van der Waals surface area contributed by atoms with E-state index in [1.807, 2.05) is 57.3 Å². The van der Waals surface area contributed by atoms with Crippen LogP contribution < -0.4 is 16.0 Å². The van der Waals surface area contributed by atoms with Crippen molar-refractivity contribution in [3.8, 4) is 11.8 Å². The first kappa shape index (κ1) is 28.4. The molecule has 0 radical (unpaired) electrons. The van der Waals surface area contributed by atoms with Crippen molar-refractivity contribution in [2.75, 3.05) is 50.2 Å². The first-order valence-electron chi connectivity index (χ1n) is 12.7. The number of anilines is 3. The van der Waals surface area contributed by atoms with Gasteiger partial charge in [0, 0.05) is 37.0 Å². The number of nitrogens with one attached hydrogen (secondary N) is 4. The second kappa shape index (κ2) is 13.9. The largest absolute Gasteiger partial charge is 0.388 e. The Morgan fingerprint density at radius 1 is 1.05 bits per heavy atom. The number of aldehydes is 1. The number of rotatable bonds is 6. The highest BCUT2D eigenvalue weighted by Crippen LogP contribution is 2.23. The third-order valence-corrected chi connectivity index (χ3v) is 6.42. The average molecular weight is 512 g/mol. The van der Waals surface area contributed by atoms with Gasteiger partial charge in [0.1, 0.15) is 30.0 Å². The number of hydrogen-bond acceptors (Lipinski definition) is 8. The average Bonchev–Trinajstić information content (AvgIpc) is 2.93. The molecule has 198 valence electrons. The fourth-order valence-corrected chi connectivity index (χ4v) is 4.12. The van der Waals surface area contributed by atoms with Gasteiger partial charge in [-0.2, -0.15) is 0 Å². The van der Waals surface area contributed by atoms with Crippen LogP contribution in [0.15, 0.2) is 48.8 Å². The second-order valence-electron chi connectivity index (χ2n) is 9.35. The molecule has 4 rings (SSSR count). The Hall–Kier alpha value is -4.22. The van der Waals surface area contributed by atoms with Crippen LogP contribution in [0.2, 0.25) is 0 Å². The molecule has 0 unspecified atom stereocenters. The van der Waals surface area contributed by atoms with E-state index in [1.165, 1.54) is 6.33 Å². The number of nitrogens with zero attached hydrogens (tertiary/aromatic N) is 3. The summed E-state index contributed by atoms with van der Waals surface area (Å²) in [7, 11) is 5.82. The lowest BCUT2D eigenvalue weighted by molar-refractivity contribution is 0.112. The molecule has 1 aliphatic heterocycles. The van der Waals surface area contributed by atoms with Crippen LogP contribution in [-0.4, -0.2) is 67.1 Å². The summed E-state index contributed by atoms with van der Waals surface area (Å²) in [5, 5.41) is 18.3. The number of piperidine rings is 1. The maximum atomic E-state index is 10.2. The van der Waals surface area contributed by atoms with Gasteiger partial charge in [-0.3, -0.25) is 10.2 Å². The highest BCUT2D eigenvalue weighted by Gasteiger charge is 2.21. The number of benzene rings is 2. The molecule has 0 aliphatic carbocycles. The molecule has 2 heterocycles. The summed E-state index contributed by atoms with van der Waals surface area (Å²) in [6, 6.07) is 13.9. The number of hydrogen-bond donors (Lipinski definition) is 4. The number of carbonyl (C=O) groups is 1. The molecule has 4 N–H and O–H groups in total. The number of likely N-dealkylation sites (tertiary alicyclic amines) is 1. The van der Waals surface area contributed by atoms with Crippen molar-refractivity contribution in [3.05, 3.63) is 76.6 Å². The summed E-state index contributed by atoms with van der Waals surface area (Å²) in [6.07, 6.45) is 4.47. The van der Waals surface area contributed by atoms with Crippen molar-refractivity contribution in [1.82, 2.24) is 14.9 Å². The number of aryl methyl sites for hydroxylation is 2. The third kappa shape index (κ3) is 7.89. The molecule has 0 atom stereocenters. The van der Waals surface area contributed by atoms with Gasteiger partial charge in [-0.15, -0.1) is 0 Å². The van der Waals surface area contributed by atoms with Crippen LogP contribution in [0.5, 0.6) is 0 Å². The van der Waals surface area contributed by atoms with Crippen molar-refractivity contribution >= 4 is 29.3 Å². The van der Waals surface area contributed by atoms with Gasteiger partial charge in [0.2, 0.25) is 0 Å². The van der Waals surface area contributed by atoms with Crippen LogP contribution in [0.25, 0.3) is 0 Å². The molecule has 3 aromatic rings. The number of carbonyl (C=O) groups excluding carboxylic acids is 1. The van der Waals surface area contributed by atoms with E-state index in [-0.39, 0.29) is 5.71 Å². The highest BCUT2D eigenvalue weighted by molar-refractivity contribution is 6.16. The molecule has 38 heavy (non-hydrogen) atoms. The SMILES string of the molecule is CNc1ccc(C)c(C#CC(=N)c2c(NC)ncnc2NC2CCN(C)CC2)c1.Cc1cccc(C=O)c1. The standard InChI is InChI=1S/C22H29N7.C8H8O/c1-15-5-7-18(24-2)13-16(15)6-8-19(23)20-21(25-3)26-14-27-22(20)28-17-9-11-29(4)12-10-17;1-7-3-2-4-8(5-7)6-9/h5,7,13-14,17,23-24H,9-12H2,1-4H3,(H2,25,26,27,28);2-6H,1H3. The van der Waals surface area contributed by atoms with Gasteiger partial charge in [0.05, 0.1) is 5.56 Å². The molecule has 1 saturated heterocycles. The smallest absolute Gasteiger partial charge is 0.150 e. The lowest BCUT2D eigenvalue weighted by atomic mass is 10.0. The fourth-order valence-electron chi connectivity index (χ4n) is 4.12. The van der Waals surface area contributed by atoms with E-state index in [0.29, 0.717) is 23.2 Å². The molecule has 2 aromatic carbocycles. The Balaban J connectivity index is 0.000000375. The molecule has 1 fully saturated rings. The van der Waals surface area contributed by atoms with Crippen LogP contribution in [0.3, 0.4) is 0 Å². The Morgan fingerprint density at radius 3 is 2.42 bits per heavy atom. The molecule has 8 heteroatoms. The van der Waals surface area contributed by atoms with Crippen LogP contribution in [0, 0.1) is 31.1 Å². The maximum absolute atomic E-state index is 10.2. The molecular weight excluding hydrogens is 474 g/mol. The molecular formula is C30H37N7O. The molecule has 1 aliphatic rings. The predicted octanol–water partition coefficient (Wildman–Crippen LogP) is 4.60. The topological polar surface area (TPSA) is 106 Å². The summed E-state index contributed by atoms with van der Waals surface area (Å²) in [4.78, 5) is 21.2. The van der Waals surface area contributed by atoms with Gasteiger partial charge < -0.3 is 20.9 Å². The van der Waals surface area contributed by atoms with Crippen molar-refractivity contribution in [2.45, 2.75) is 32.7 Å². The second-order valence-corrected chi connectivity index (χ2v) is 9.35. The van der Waals surface area contributed by atoms with Crippen LogP contribution in [-0.2, 0) is 0 Å². The van der Waals surface area contributed by atoms with E-state index >= 15 is 0 Å². The van der Waals surface area contributed by atoms with Crippen molar-refractivity contribution in [1.29, 1.82) is 5.41 Å². The predicted molar refractivity (Wildman–Crippen MR) is 157 cm³/mol. The third-order valence-electron chi connectivity index (χ3n) is 6.42. The quantitative estimate of drug-likeness (QED) is 0.218. The van der Waals surface area contributed by atoms with E-state index in [4.69, 9.17) is 5.41 Å². The molecule has 0 amide bonds. The van der Waals surface area contributed by atoms with Crippen LogP contribution in [0.1, 0.15) is 45.5 Å². The lowest BCUT2D eigenvalue weighted by Crippen LogP contribution is -2.37. The van der Waals surface area contributed by atoms with Crippen molar-refractivity contribution < 1.29 is 4.79 Å². The van der Waals surface area contributed by atoms with E-state index in [9.17, 15) is 4.79 Å². The van der Waals surface area contributed by atoms with Crippen molar-refractivity contribution in [3.63, 3.8) is 0 Å². The highest BCUT2D eigenvalue weighted by atomic mass is 16.1. The monoisotopic (exact) mass is 511 g/mol. The Bertz CT molecular complexity index is 1320. The molecule has 0 bridgehead atoms. The summed E-state index contributed by atoms with van der Waals surface area (Å²) >= 11 is 0. The number of aromatic nitrogens is 2. The summed E-state index contributed by atoms with van der Waals surface area (Å²) < 4.78 is 0. The Labute approximate surface area is 225 Å². The molecule has 8 nitrogen and oxygen atoms in total. The molecule has 0 spiro atoms. The first-order valence-corrected chi connectivity index (χ1v) is 12.7. The van der Waals surface area contributed by atoms with Gasteiger partial charge in [-0.1, -0.05) is 35.7 Å². The van der Waals surface area contributed by atoms with Gasteiger partial charge in [0.25, 0.3) is 0 Å². The lowest BCUT2D eigenvalue weighted by Gasteiger charge is -2.30. The normalized spacial score (nSPS) is 13.3. The summed E-state index contributed by atoms with van der Waals surface area (Å²) in [5.74, 6) is 7.42. The minimum atomic E-state index is 0.194. The zero-order chi connectivity index (χ0) is 27.5. The van der Waals surface area contributed by atoms with Crippen LogP contribution in [0.4, 0.5) is 17.3 Å². The fraction of sp³-hybridized carbons (Fsp3) is 0.333. The van der Waals surface area contributed by atoms with Crippen molar-refractivity contribution in [2.24, 2.45) is 0 Å². The van der Waals surface area contributed by atoms with E-state index in [1.54, 1.807) is 13.1 Å². The molecule has 0 saturated carbocycles. The van der Waals surface area contributed by atoms with E-state index in [2.05, 4.69) is 49.7 Å². The van der Waals surface area contributed by atoms with Crippen LogP contribution >= 0.6 is 0 Å². The minimum Gasteiger partial charge on any atom is -0.388 e. The first-order chi connectivity index (χ1) is 18.3. The summed E-state index contributed by atoms with van der Waals surface area (Å²) in [6.45, 7) is 6.09. The van der Waals surface area contributed by atoms with Gasteiger partial charge in [-0.05, 0) is 76.5 Å². The summed E-state index contributed by atoms with van der Waals surface area (Å²) in [5.41, 5.74) is 5.65. The zero-order valence-corrected chi connectivity index (χ0v) is 22.9. The Kier molecular flexibility index (Phi) is 10.4. The minimum absolute atomic E-state index is 0.194.